The number of aliphatic hydroxyl groups is 2. The molecule has 0 bridgehead atoms. The zero-order valence-electron chi connectivity index (χ0n) is 34.0. The van der Waals surface area contributed by atoms with Crippen molar-refractivity contribution in [2.75, 3.05) is 26.4 Å². The number of ether oxygens (including phenoxy) is 3. The summed E-state index contributed by atoms with van der Waals surface area (Å²) in [6.45, 7) is 4.85. The Labute approximate surface area is 316 Å². The fraction of sp³-hybridized carbons (Fsp3) is 0.955. The number of rotatable bonds is 42. The molecule has 51 heavy (non-hydrogen) atoms. The van der Waals surface area contributed by atoms with Crippen LogP contribution in [0.2, 0.25) is 0 Å². The van der Waals surface area contributed by atoms with Crippen LogP contribution in [0.5, 0.6) is 0 Å². The molecule has 0 spiro atoms. The summed E-state index contributed by atoms with van der Waals surface area (Å²) in [5, 5.41) is 18.9. The predicted octanol–water partition coefficient (Wildman–Crippen LogP) is 12.1. The predicted molar refractivity (Wildman–Crippen MR) is 213 cm³/mol. The van der Waals surface area contributed by atoms with Crippen LogP contribution in [0.4, 0.5) is 0 Å². The SMILES string of the molecule is CCCCCCCCCCCCCCCCCCOC(CCO)C(=O)OC(=O)C(CCO)OCCCCCCCCCCCCCCCCCC. The number of carbonyl (C=O) groups excluding carboxylic acids is 2. The Hall–Kier alpha value is -1.02. The molecule has 0 heterocycles. The zero-order chi connectivity index (χ0) is 37.3. The minimum Gasteiger partial charge on any atom is -0.396 e. The quantitative estimate of drug-likeness (QED) is 0.0367. The van der Waals surface area contributed by atoms with E-state index in [0.717, 1.165) is 38.5 Å². The molecule has 7 heteroatoms. The molecule has 2 N–H and O–H groups in total. The summed E-state index contributed by atoms with van der Waals surface area (Å²) in [4.78, 5) is 25.4. The highest BCUT2D eigenvalue weighted by Gasteiger charge is 2.28. The van der Waals surface area contributed by atoms with Gasteiger partial charge in [0.15, 0.2) is 12.2 Å². The molecule has 0 saturated carbocycles. The highest BCUT2D eigenvalue weighted by atomic mass is 16.6. The molecule has 304 valence electrons. The first-order chi connectivity index (χ1) is 25.1. The summed E-state index contributed by atoms with van der Waals surface area (Å²) < 4.78 is 16.5. The molecule has 0 rings (SSSR count). The second-order valence-electron chi connectivity index (χ2n) is 15.1. The third-order valence-electron chi connectivity index (χ3n) is 10.1. The minimum atomic E-state index is -0.981. The van der Waals surface area contributed by atoms with E-state index in [0.29, 0.717) is 13.2 Å². The summed E-state index contributed by atoms with van der Waals surface area (Å²) in [6.07, 6.45) is 39.4. The Balaban J connectivity index is 3.89. The zero-order valence-corrected chi connectivity index (χ0v) is 34.0. The van der Waals surface area contributed by atoms with Crippen LogP contribution in [-0.4, -0.2) is 60.8 Å². The van der Waals surface area contributed by atoms with E-state index in [4.69, 9.17) is 14.2 Å². The molecule has 0 aliphatic carbocycles. The van der Waals surface area contributed by atoms with Gasteiger partial charge in [0.1, 0.15) is 0 Å². The monoisotopic (exact) mass is 727 g/mol. The second-order valence-corrected chi connectivity index (χ2v) is 15.1. The first kappa shape index (κ1) is 50.0. The summed E-state index contributed by atoms with van der Waals surface area (Å²) in [5.41, 5.74) is 0. The first-order valence-electron chi connectivity index (χ1n) is 22.3. The van der Waals surface area contributed by atoms with E-state index in [1.807, 2.05) is 0 Å². The lowest BCUT2D eigenvalue weighted by molar-refractivity contribution is -0.176. The summed E-state index contributed by atoms with van der Waals surface area (Å²) in [5.74, 6) is -1.58. The van der Waals surface area contributed by atoms with Gasteiger partial charge in [0.2, 0.25) is 0 Å². The third kappa shape index (κ3) is 35.8. The van der Waals surface area contributed by atoms with Crippen molar-refractivity contribution in [2.45, 2.75) is 244 Å². The van der Waals surface area contributed by atoms with E-state index in [1.165, 1.54) is 167 Å². The molecule has 0 saturated heterocycles. The van der Waals surface area contributed by atoms with Crippen LogP contribution in [0.3, 0.4) is 0 Å². The lowest BCUT2D eigenvalue weighted by atomic mass is 10.0. The maximum absolute atomic E-state index is 12.7. The largest absolute Gasteiger partial charge is 0.396 e. The van der Waals surface area contributed by atoms with Gasteiger partial charge in [-0.2, -0.15) is 0 Å². The Morgan fingerprint density at radius 1 is 0.373 bits per heavy atom. The fourth-order valence-corrected chi connectivity index (χ4v) is 6.76. The van der Waals surface area contributed by atoms with Gasteiger partial charge in [-0.05, 0) is 12.8 Å². The Morgan fingerprint density at radius 2 is 0.588 bits per heavy atom. The molecule has 0 aromatic carbocycles. The van der Waals surface area contributed by atoms with E-state index >= 15 is 0 Å². The van der Waals surface area contributed by atoms with E-state index in [-0.39, 0.29) is 26.1 Å². The first-order valence-corrected chi connectivity index (χ1v) is 22.3. The van der Waals surface area contributed by atoms with E-state index in [9.17, 15) is 19.8 Å². The van der Waals surface area contributed by atoms with Gasteiger partial charge in [0, 0.05) is 39.3 Å². The number of carbonyl (C=O) groups is 2. The topological polar surface area (TPSA) is 102 Å². The summed E-state index contributed by atoms with van der Waals surface area (Å²) >= 11 is 0. The van der Waals surface area contributed by atoms with Gasteiger partial charge >= 0.3 is 11.9 Å². The Bertz CT molecular complexity index is 658. The van der Waals surface area contributed by atoms with Gasteiger partial charge in [0.05, 0.1) is 0 Å². The molecule has 0 aromatic heterocycles. The van der Waals surface area contributed by atoms with E-state index < -0.39 is 24.1 Å². The van der Waals surface area contributed by atoms with Crippen LogP contribution in [0.25, 0.3) is 0 Å². The van der Waals surface area contributed by atoms with Crippen LogP contribution in [0.15, 0.2) is 0 Å². The molecular weight excluding hydrogens is 640 g/mol. The third-order valence-corrected chi connectivity index (χ3v) is 10.1. The van der Waals surface area contributed by atoms with Crippen LogP contribution >= 0.6 is 0 Å². The van der Waals surface area contributed by atoms with Gasteiger partial charge in [-0.1, -0.05) is 206 Å². The second kappa shape index (κ2) is 41.7. The van der Waals surface area contributed by atoms with Gasteiger partial charge in [-0.15, -0.1) is 0 Å². The van der Waals surface area contributed by atoms with E-state index in [2.05, 4.69) is 13.8 Å². The number of hydrogen-bond donors (Lipinski definition) is 2. The highest BCUT2D eigenvalue weighted by Crippen LogP contribution is 2.16. The van der Waals surface area contributed by atoms with Crippen LogP contribution in [-0.2, 0) is 23.8 Å². The molecule has 0 aromatic rings. The van der Waals surface area contributed by atoms with Crippen molar-refractivity contribution in [1.29, 1.82) is 0 Å². The number of unbranched alkanes of at least 4 members (excludes halogenated alkanes) is 30. The van der Waals surface area contributed by atoms with Gasteiger partial charge in [-0.25, -0.2) is 9.59 Å². The van der Waals surface area contributed by atoms with Crippen LogP contribution in [0, 0.1) is 0 Å². The molecule has 0 radical (unpaired) electrons. The van der Waals surface area contributed by atoms with Crippen molar-refractivity contribution < 1.29 is 34.0 Å². The van der Waals surface area contributed by atoms with Crippen molar-refractivity contribution in [1.82, 2.24) is 0 Å². The molecule has 2 unspecified atom stereocenters. The van der Waals surface area contributed by atoms with Crippen molar-refractivity contribution in [3.05, 3.63) is 0 Å². The maximum Gasteiger partial charge on any atom is 0.343 e. The molecule has 0 amide bonds. The van der Waals surface area contributed by atoms with Gasteiger partial charge < -0.3 is 24.4 Å². The highest BCUT2D eigenvalue weighted by molar-refractivity contribution is 5.90. The maximum atomic E-state index is 12.7. The Morgan fingerprint density at radius 3 is 0.804 bits per heavy atom. The summed E-state index contributed by atoms with van der Waals surface area (Å²) in [7, 11) is 0. The standard InChI is InChI=1S/C44H86O7/c1-3-5-7-9-11-13-15-17-19-21-23-25-27-29-31-33-39-49-41(35-37-45)43(47)51-44(48)42(36-38-46)50-40-34-32-30-28-26-24-22-20-18-16-14-12-10-8-6-4-2/h41-42,45-46H,3-40H2,1-2H3. The molecule has 2 atom stereocenters. The molecular formula is C44H86O7. The van der Waals surface area contributed by atoms with Gasteiger partial charge in [-0.3, -0.25) is 0 Å². The fourth-order valence-electron chi connectivity index (χ4n) is 6.76. The van der Waals surface area contributed by atoms with Crippen molar-refractivity contribution in [2.24, 2.45) is 0 Å². The molecule has 0 aliphatic rings. The number of aliphatic hydroxyl groups excluding tert-OH is 2. The lowest BCUT2D eigenvalue weighted by Gasteiger charge is -2.18. The molecule has 0 aliphatic heterocycles. The normalized spacial score (nSPS) is 12.7. The lowest BCUT2D eigenvalue weighted by Crippen LogP contribution is -2.35. The molecule has 7 nitrogen and oxygen atoms in total. The Kier molecular flexibility index (Phi) is 40.9. The molecule has 0 fully saturated rings. The number of esters is 2. The van der Waals surface area contributed by atoms with Crippen LogP contribution < -0.4 is 0 Å². The number of hydrogen-bond acceptors (Lipinski definition) is 7. The van der Waals surface area contributed by atoms with Crippen molar-refractivity contribution in [3.63, 3.8) is 0 Å². The average molecular weight is 727 g/mol. The van der Waals surface area contributed by atoms with Crippen LogP contribution in [0.1, 0.15) is 232 Å². The smallest absolute Gasteiger partial charge is 0.343 e. The van der Waals surface area contributed by atoms with Gasteiger partial charge in [0.25, 0.3) is 0 Å². The van der Waals surface area contributed by atoms with E-state index in [1.54, 1.807) is 0 Å². The van der Waals surface area contributed by atoms with Crippen molar-refractivity contribution >= 4 is 11.9 Å². The minimum absolute atomic E-state index is 0.0791. The average Bonchev–Trinajstić information content (AvgIpc) is 3.13. The summed E-state index contributed by atoms with van der Waals surface area (Å²) in [6, 6.07) is 0. The van der Waals surface area contributed by atoms with Crippen molar-refractivity contribution in [3.8, 4) is 0 Å².